The van der Waals surface area contributed by atoms with E-state index < -0.39 is 0 Å². The largest absolute Gasteiger partial charge is 0.381 e. The molecule has 0 aromatic carbocycles. The third kappa shape index (κ3) is 5.74. The topological polar surface area (TPSA) is 64.4 Å². The lowest BCUT2D eigenvalue weighted by Gasteiger charge is -2.08. The summed E-state index contributed by atoms with van der Waals surface area (Å²) in [5, 5.41) is 2.93. The first kappa shape index (κ1) is 12.5. The van der Waals surface area contributed by atoms with E-state index in [-0.39, 0.29) is 5.91 Å². The van der Waals surface area contributed by atoms with Crippen molar-refractivity contribution < 1.29 is 9.53 Å². The number of rotatable bonds is 7. The quantitative estimate of drug-likeness (QED) is 0.612. The Labute approximate surface area is 91.5 Å². The number of hydrogen-bond donors (Lipinski definition) is 2. The standard InChI is InChI=1S/C11H22N2O2/c12-6-2-1-3-11(14)13-7-4-10-5-8-15-9-10/h10H,1-9,12H2,(H,13,14). The lowest BCUT2D eigenvalue weighted by molar-refractivity contribution is -0.121. The SMILES string of the molecule is NCCCCC(=O)NCCC1CCOC1. The maximum atomic E-state index is 11.3. The molecule has 1 amide bonds. The van der Waals surface area contributed by atoms with E-state index in [0.717, 1.165) is 45.4 Å². The van der Waals surface area contributed by atoms with Crippen LogP contribution in [0.5, 0.6) is 0 Å². The first-order valence-electron chi connectivity index (χ1n) is 5.87. The Kier molecular flexibility index (Phi) is 6.36. The highest BCUT2D eigenvalue weighted by Crippen LogP contribution is 2.15. The predicted molar refractivity (Wildman–Crippen MR) is 59.5 cm³/mol. The molecule has 3 N–H and O–H groups in total. The molecule has 1 fully saturated rings. The molecule has 0 saturated carbocycles. The van der Waals surface area contributed by atoms with Crippen molar-refractivity contribution in [3.05, 3.63) is 0 Å². The van der Waals surface area contributed by atoms with E-state index >= 15 is 0 Å². The summed E-state index contributed by atoms with van der Waals surface area (Å²) in [7, 11) is 0. The average molecular weight is 214 g/mol. The van der Waals surface area contributed by atoms with Gasteiger partial charge in [-0.05, 0) is 38.1 Å². The second-order valence-electron chi connectivity index (χ2n) is 4.11. The van der Waals surface area contributed by atoms with Crippen LogP contribution in [0.2, 0.25) is 0 Å². The average Bonchev–Trinajstić information content (AvgIpc) is 2.71. The fourth-order valence-corrected chi connectivity index (χ4v) is 1.74. The zero-order chi connectivity index (χ0) is 10.9. The first-order chi connectivity index (χ1) is 7.33. The van der Waals surface area contributed by atoms with Crippen LogP contribution in [0.1, 0.15) is 32.1 Å². The fraction of sp³-hybridized carbons (Fsp3) is 0.909. The zero-order valence-corrected chi connectivity index (χ0v) is 9.34. The molecule has 4 heteroatoms. The van der Waals surface area contributed by atoms with E-state index in [4.69, 9.17) is 10.5 Å². The molecule has 4 nitrogen and oxygen atoms in total. The summed E-state index contributed by atoms with van der Waals surface area (Å²) in [6.07, 6.45) is 4.63. The van der Waals surface area contributed by atoms with Gasteiger partial charge in [-0.1, -0.05) is 0 Å². The smallest absolute Gasteiger partial charge is 0.219 e. The van der Waals surface area contributed by atoms with Crippen molar-refractivity contribution in [2.24, 2.45) is 11.7 Å². The normalized spacial score (nSPS) is 20.5. The van der Waals surface area contributed by atoms with E-state index in [0.29, 0.717) is 18.9 Å². The third-order valence-corrected chi connectivity index (χ3v) is 2.76. The molecule has 1 saturated heterocycles. The van der Waals surface area contributed by atoms with Crippen molar-refractivity contribution in [2.75, 3.05) is 26.3 Å². The van der Waals surface area contributed by atoms with Gasteiger partial charge in [0.1, 0.15) is 0 Å². The Balaban J connectivity index is 1.91. The zero-order valence-electron chi connectivity index (χ0n) is 9.34. The van der Waals surface area contributed by atoms with E-state index in [1.54, 1.807) is 0 Å². The van der Waals surface area contributed by atoms with Crippen molar-refractivity contribution >= 4 is 5.91 Å². The second kappa shape index (κ2) is 7.65. The molecule has 0 radical (unpaired) electrons. The van der Waals surface area contributed by atoms with Gasteiger partial charge in [0.05, 0.1) is 0 Å². The van der Waals surface area contributed by atoms with Crippen LogP contribution < -0.4 is 11.1 Å². The van der Waals surface area contributed by atoms with Crippen LogP contribution in [-0.2, 0) is 9.53 Å². The number of unbranched alkanes of at least 4 members (excludes halogenated alkanes) is 1. The molecular weight excluding hydrogens is 192 g/mol. The highest BCUT2D eigenvalue weighted by atomic mass is 16.5. The Morgan fingerprint density at radius 1 is 1.47 bits per heavy atom. The Bertz CT molecular complexity index is 179. The maximum absolute atomic E-state index is 11.3. The maximum Gasteiger partial charge on any atom is 0.219 e. The van der Waals surface area contributed by atoms with Crippen LogP contribution in [0.15, 0.2) is 0 Å². The molecule has 0 aliphatic carbocycles. The molecule has 0 aromatic rings. The summed E-state index contributed by atoms with van der Waals surface area (Å²) < 4.78 is 5.27. The lowest BCUT2D eigenvalue weighted by Crippen LogP contribution is -2.25. The number of nitrogens with one attached hydrogen (secondary N) is 1. The number of hydrogen-bond acceptors (Lipinski definition) is 3. The molecule has 1 aliphatic rings. The van der Waals surface area contributed by atoms with Crippen LogP contribution in [0.25, 0.3) is 0 Å². The van der Waals surface area contributed by atoms with Crippen LogP contribution >= 0.6 is 0 Å². The minimum absolute atomic E-state index is 0.155. The monoisotopic (exact) mass is 214 g/mol. The summed E-state index contributed by atoms with van der Waals surface area (Å²) in [5.74, 6) is 0.803. The minimum Gasteiger partial charge on any atom is -0.381 e. The van der Waals surface area contributed by atoms with Gasteiger partial charge in [0, 0.05) is 26.2 Å². The summed E-state index contributed by atoms with van der Waals surface area (Å²) in [6, 6.07) is 0. The lowest BCUT2D eigenvalue weighted by atomic mass is 10.1. The number of ether oxygens (including phenoxy) is 1. The molecule has 1 aliphatic heterocycles. The van der Waals surface area contributed by atoms with Crippen molar-refractivity contribution in [1.82, 2.24) is 5.32 Å². The molecule has 1 atom stereocenters. The number of nitrogens with two attached hydrogens (primary N) is 1. The van der Waals surface area contributed by atoms with Gasteiger partial charge in [-0.15, -0.1) is 0 Å². The van der Waals surface area contributed by atoms with E-state index in [1.807, 2.05) is 0 Å². The third-order valence-electron chi connectivity index (χ3n) is 2.76. The Hall–Kier alpha value is -0.610. The Morgan fingerprint density at radius 3 is 3.00 bits per heavy atom. The van der Waals surface area contributed by atoms with Gasteiger partial charge < -0.3 is 15.8 Å². The van der Waals surface area contributed by atoms with Crippen molar-refractivity contribution in [2.45, 2.75) is 32.1 Å². The molecule has 1 heterocycles. The van der Waals surface area contributed by atoms with Gasteiger partial charge in [-0.25, -0.2) is 0 Å². The highest BCUT2D eigenvalue weighted by molar-refractivity contribution is 5.75. The van der Waals surface area contributed by atoms with Gasteiger partial charge in [0.15, 0.2) is 0 Å². The molecule has 0 spiro atoms. The minimum atomic E-state index is 0.155. The number of amides is 1. The molecule has 88 valence electrons. The van der Waals surface area contributed by atoms with Crippen LogP contribution in [0.3, 0.4) is 0 Å². The van der Waals surface area contributed by atoms with Gasteiger partial charge >= 0.3 is 0 Å². The van der Waals surface area contributed by atoms with E-state index in [2.05, 4.69) is 5.32 Å². The van der Waals surface area contributed by atoms with Crippen molar-refractivity contribution in [3.8, 4) is 0 Å². The molecule has 1 unspecified atom stereocenters. The molecule has 15 heavy (non-hydrogen) atoms. The van der Waals surface area contributed by atoms with E-state index in [1.165, 1.54) is 0 Å². The predicted octanol–water partition coefficient (Wildman–Crippen LogP) is 0.658. The van der Waals surface area contributed by atoms with E-state index in [9.17, 15) is 4.79 Å². The second-order valence-corrected chi connectivity index (χ2v) is 4.11. The first-order valence-corrected chi connectivity index (χ1v) is 5.87. The highest BCUT2D eigenvalue weighted by Gasteiger charge is 2.14. The molecule has 1 rings (SSSR count). The Morgan fingerprint density at radius 2 is 2.33 bits per heavy atom. The van der Waals surface area contributed by atoms with Gasteiger partial charge in [0.2, 0.25) is 5.91 Å². The van der Waals surface area contributed by atoms with Gasteiger partial charge in [0.25, 0.3) is 0 Å². The van der Waals surface area contributed by atoms with Gasteiger partial charge in [-0.2, -0.15) is 0 Å². The summed E-state index contributed by atoms with van der Waals surface area (Å²) in [5.41, 5.74) is 5.35. The summed E-state index contributed by atoms with van der Waals surface area (Å²) in [6.45, 7) is 3.21. The number of carbonyl (C=O) groups excluding carboxylic acids is 1. The summed E-state index contributed by atoms with van der Waals surface area (Å²) in [4.78, 5) is 11.3. The van der Waals surface area contributed by atoms with Gasteiger partial charge in [-0.3, -0.25) is 4.79 Å². The van der Waals surface area contributed by atoms with Crippen LogP contribution in [0.4, 0.5) is 0 Å². The van der Waals surface area contributed by atoms with Crippen molar-refractivity contribution in [3.63, 3.8) is 0 Å². The number of carbonyl (C=O) groups is 1. The molecule has 0 bridgehead atoms. The van der Waals surface area contributed by atoms with Crippen LogP contribution in [0, 0.1) is 5.92 Å². The fourth-order valence-electron chi connectivity index (χ4n) is 1.74. The summed E-state index contributed by atoms with van der Waals surface area (Å²) >= 11 is 0. The molecular formula is C11H22N2O2. The molecule has 0 aromatic heterocycles. The van der Waals surface area contributed by atoms with Crippen molar-refractivity contribution in [1.29, 1.82) is 0 Å². The van der Waals surface area contributed by atoms with Crippen LogP contribution in [-0.4, -0.2) is 32.2 Å².